The lowest BCUT2D eigenvalue weighted by Gasteiger charge is -2.04. The molecule has 0 fully saturated rings. The van der Waals surface area contributed by atoms with Crippen LogP contribution in [0.4, 0.5) is 5.69 Å². The molecule has 0 aliphatic carbocycles. The zero-order chi connectivity index (χ0) is 12.4. The van der Waals surface area contributed by atoms with Crippen molar-refractivity contribution in [1.82, 2.24) is 9.78 Å². The van der Waals surface area contributed by atoms with Gasteiger partial charge in [-0.2, -0.15) is 5.10 Å². The third kappa shape index (κ3) is 2.67. The normalized spacial score (nSPS) is 11.1. The van der Waals surface area contributed by atoms with E-state index in [0.29, 0.717) is 5.92 Å². The molecule has 0 bridgehead atoms. The summed E-state index contributed by atoms with van der Waals surface area (Å²) < 4.78 is 1.98. The monoisotopic (exact) mass is 229 g/mol. The fourth-order valence-corrected chi connectivity index (χ4v) is 1.81. The van der Waals surface area contributed by atoms with E-state index in [-0.39, 0.29) is 0 Å². The van der Waals surface area contributed by atoms with Gasteiger partial charge in [0.2, 0.25) is 0 Å². The number of hydrogen-bond donors (Lipinski definition) is 1. The van der Waals surface area contributed by atoms with Crippen LogP contribution in [0.25, 0.3) is 11.1 Å². The molecule has 17 heavy (non-hydrogen) atoms. The number of hydrogen-bond acceptors (Lipinski definition) is 2. The van der Waals surface area contributed by atoms with Gasteiger partial charge in [-0.25, -0.2) is 0 Å². The van der Waals surface area contributed by atoms with Crippen molar-refractivity contribution in [2.45, 2.75) is 27.3 Å². The average Bonchev–Trinajstić information content (AvgIpc) is 2.69. The maximum Gasteiger partial charge on any atom is 0.0568 e. The minimum absolute atomic E-state index is 0.603. The first-order valence-corrected chi connectivity index (χ1v) is 5.95. The van der Waals surface area contributed by atoms with Crippen molar-refractivity contribution >= 4 is 5.69 Å². The maximum absolute atomic E-state index is 5.92. The second-order valence-electron chi connectivity index (χ2n) is 4.92. The highest BCUT2D eigenvalue weighted by Gasteiger charge is 2.04. The van der Waals surface area contributed by atoms with Gasteiger partial charge in [-0.05, 0) is 30.0 Å². The Hall–Kier alpha value is -1.77. The Bertz CT molecular complexity index is 512. The summed E-state index contributed by atoms with van der Waals surface area (Å²) in [6.45, 7) is 7.33. The van der Waals surface area contributed by atoms with Crippen molar-refractivity contribution in [2.75, 3.05) is 5.73 Å². The molecule has 0 aliphatic rings. The summed E-state index contributed by atoms with van der Waals surface area (Å²) in [5.74, 6) is 0.603. The molecule has 0 amide bonds. The van der Waals surface area contributed by atoms with E-state index in [1.54, 1.807) is 0 Å². The molecule has 2 rings (SSSR count). The molecule has 0 saturated heterocycles. The summed E-state index contributed by atoms with van der Waals surface area (Å²) >= 11 is 0. The van der Waals surface area contributed by atoms with Gasteiger partial charge in [0.05, 0.1) is 6.20 Å². The zero-order valence-corrected chi connectivity index (χ0v) is 10.6. The fourth-order valence-electron chi connectivity index (χ4n) is 1.81. The molecule has 3 nitrogen and oxygen atoms in total. The predicted molar refractivity (Wildman–Crippen MR) is 71.7 cm³/mol. The molecule has 1 heterocycles. The van der Waals surface area contributed by atoms with Crippen molar-refractivity contribution < 1.29 is 0 Å². The first-order chi connectivity index (χ1) is 8.06. The summed E-state index contributed by atoms with van der Waals surface area (Å²) in [5, 5.41) is 4.36. The molecule has 0 radical (unpaired) electrons. The zero-order valence-electron chi connectivity index (χ0n) is 10.6. The van der Waals surface area contributed by atoms with E-state index in [9.17, 15) is 0 Å². The third-order valence-electron chi connectivity index (χ3n) is 2.80. The molecule has 0 atom stereocenters. The van der Waals surface area contributed by atoms with Crippen LogP contribution in [-0.4, -0.2) is 9.78 Å². The van der Waals surface area contributed by atoms with E-state index in [1.165, 1.54) is 0 Å². The first-order valence-electron chi connectivity index (χ1n) is 5.95. The highest BCUT2D eigenvalue weighted by molar-refractivity contribution is 5.67. The molecule has 0 aliphatic heterocycles. The molecular weight excluding hydrogens is 210 g/mol. The van der Waals surface area contributed by atoms with Gasteiger partial charge in [0.15, 0.2) is 0 Å². The van der Waals surface area contributed by atoms with Gasteiger partial charge in [-0.1, -0.05) is 26.0 Å². The highest BCUT2D eigenvalue weighted by Crippen LogP contribution is 2.23. The van der Waals surface area contributed by atoms with E-state index >= 15 is 0 Å². The van der Waals surface area contributed by atoms with E-state index in [2.05, 4.69) is 31.2 Å². The smallest absolute Gasteiger partial charge is 0.0568 e. The lowest BCUT2D eigenvalue weighted by atomic mass is 10.1. The summed E-state index contributed by atoms with van der Waals surface area (Å²) in [6, 6.07) is 6.14. The third-order valence-corrected chi connectivity index (χ3v) is 2.80. The van der Waals surface area contributed by atoms with Crippen LogP contribution < -0.4 is 5.73 Å². The van der Waals surface area contributed by atoms with E-state index in [0.717, 1.165) is 28.9 Å². The van der Waals surface area contributed by atoms with Gasteiger partial charge in [-0.3, -0.25) is 4.68 Å². The molecule has 1 aromatic heterocycles. The van der Waals surface area contributed by atoms with Crippen LogP contribution in [0.2, 0.25) is 0 Å². The lowest BCUT2D eigenvalue weighted by molar-refractivity contribution is 0.483. The Kier molecular flexibility index (Phi) is 3.18. The SMILES string of the molecule is Cc1ccc(-c2cnn(CC(C)C)c2)cc1N. The number of nitrogen functional groups attached to an aromatic ring is 1. The molecule has 0 spiro atoms. The van der Waals surface area contributed by atoms with Crippen LogP contribution in [0.3, 0.4) is 0 Å². The Morgan fingerprint density at radius 3 is 2.71 bits per heavy atom. The standard InChI is InChI=1S/C14H19N3/c1-10(2)8-17-9-13(7-16-17)12-5-4-11(3)14(15)6-12/h4-7,9-10H,8,15H2,1-3H3. The van der Waals surface area contributed by atoms with Gasteiger partial charge < -0.3 is 5.73 Å². The van der Waals surface area contributed by atoms with Crippen molar-refractivity contribution in [3.63, 3.8) is 0 Å². The summed E-state index contributed by atoms with van der Waals surface area (Å²) in [4.78, 5) is 0. The number of benzene rings is 1. The lowest BCUT2D eigenvalue weighted by Crippen LogP contribution is -2.03. The number of aromatic nitrogens is 2. The molecule has 0 unspecified atom stereocenters. The topological polar surface area (TPSA) is 43.8 Å². The van der Waals surface area contributed by atoms with Gasteiger partial charge in [0.25, 0.3) is 0 Å². The van der Waals surface area contributed by atoms with Crippen molar-refractivity contribution in [3.8, 4) is 11.1 Å². The Morgan fingerprint density at radius 1 is 1.29 bits per heavy atom. The van der Waals surface area contributed by atoms with Crippen LogP contribution in [0.5, 0.6) is 0 Å². The molecule has 3 heteroatoms. The molecule has 2 N–H and O–H groups in total. The number of nitrogens with zero attached hydrogens (tertiary/aromatic N) is 2. The second-order valence-corrected chi connectivity index (χ2v) is 4.92. The Balaban J connectivity index is 2.27. The Morgan fingerprint density at radius 2 is 2.06 bits per heavy atom. The highest BCUT2D eigenvalue weighted by atomic mass is 15.3. The average molecular weight is 229 g/mol. The minimum atomic E-state index is 0.603. The quantitative estimate of drug-likeness (QED) is 0.822. The first kappa shape index (κ1) is 11.7. The van der Waals surface area contributed by atoms with Crippen molar-refractivity contribution in [2.24, 2.45) is 5.92 Å². The van der Waals surface area contributed by atoms with Gasteiger partial charge in [0.1, 0.15) is 0 Å². The second kappa shape index (κ2) is 4.62. The van der Waals surface area contributed by atoms with Crippen LogP contribution in [0, 0.1) is 12.8 Å². The predicted octanol–water partition coefficient (Wildman–Crippen LogP) is 3.10. The molecular formula is C14H19N3. The Labute approximate surface area is 102 Å². The van der Waals surface area contributed by atoms with Crippen molar-refractivity contribution in [1.29, 1.82) is 0 Å². The van der Waals surface area contributed by atoms with Crippen LogP contribution >= 0.6 is 0 Å². The number of aryl methyl sites for hydroxylation is 1. The molecule has 1 aromatic carbocycles. The summed E-state index contributed by atoms with van der Waals surface area (Å²) in [7, 11) is 0. The van der Waals surface area contributed by atoms with E-state index in [1.807, 2.05) is 29.9 Å². The van der Waals surface area contributed by atoms with Gasteiger partial charge in [0, 0.05) is 24.0 Å². The molecule has 90 valence electrons. The van der Waals surface area contributed by atoms with Gasteiger partial charge in [-0.15, -0.1) is 0 Å². The minimum Gasteiger partial charge on any atom is -0.398 e. The van der Waals surface area contributed by atoms with Gasteiger partial charge >= 0.3 is 0 Å². The van der Waals surface area contributed by atoms with E-state index in [4.69, 9.17) is 5.73 Å². The number of anilines is 1. The summed E-state index contributed by atoms with van der Waals surface area (Å²) in [5.41, 5.74) is 10.1. The van der Waals surface area contributed by atoms with E-state index < -0.39 is 0 Å². The van der Waals surface area contributed by atoms with Crippen LogP contribution in [-0.2, 0) is 6.54 Å². The van der Waals surface area contributed by atoms with Crippen molar-refractivity contribution in [3.05, 3.63) is 36.2 Å². The summed E-state index contributed by atoms with van der Waals surface area (Å²) in [6.07, 6.45) is 3.97. The van der Waals surface area contributed by atoms with Crippen LogP contribution in [0.1, 0.15) is 19.4 Å². The number of rotatable bonds is 3. The molecule has 2 aromatic rings. The fraction of sp³-hybridized carbons (Fsp3) is 0.357. The number of nitrogens with two attached hydrogens (primary N) is 1. The molecule has 0 saturated carbocycles. The maximum atomic E-state index is 5.92. The van der Waals surface area contributed by atoms with Crippen LogP contribution in [0.15, 0.2) is 30.6 Å². The largest absolute Gasteiger partial charge is 0.398 e.